The van der Waals surface area contributed by atoms with E-state index < -0.39 is 4.92 Å². The van der Waals surface area contributed by atoms with Crippen LogP contribution in [0.15, 0.2) is 35.3 Å². The highest BCUT2D eigenvalue weighted by Gasteiger charge is 2.10. The fraction of sp³-hybridized carbons (Fsp3) is 0.267. The summed E-state index contributed by atoms with van der Waals surface area (Å²) in [7, 11) is 3.47. The molecule has 0 saturated heterocycles. The number of benzene rings is 1. The number of nitrogens with zero attached hydrogens (tertiary/aromatic N) is 3. The van der Waals surface area contributed by atoms with Crippen molar-refractivity contribution < 1.29 is 4.92 Å². The van der Waals surface area contributed by atoms with Crippen LogP contribution in [0.3, 0.4) is 0 Å². The van der Waals surface area contributed by atoms with E-state index in [1.165, 1.54) is 12.1 Å². The first kappa shape index (κ1) is 21.5. The van der Waals surface area contributed by atoms with Crippen LogP contribution in [0.4, 0.5) is 5.69 Å². The van der Waals surface area contributed by atoms with Crippen LogP contribution in [0.2, 0.25) is 10.2 Å². The number of hydrogen-bond acceptors (Lipinski definition) is 3. The van der Waals surface area contributed by atoms with Crippen LogP contribution in [0, 0.1) is 10.1 Å². The molecule has 1 heterocycles. The van der Waals surface area contributed by atoms with Gasteiger partial charge in [0, 0.05) is 38.5 Å². The summed E-state index contributed by atoms with van der Waals surface area (Å²) in [5.74, 6) is 0.565. The Labute approximate surface area is 172 Å². The molecule has 0 saturated carbocycles. The number of guanidine groups is 1. The number of nitrogens with one attached hydrogen (secondary N) is 2. The van der Waals surface area contributed by atoms with Crippen LogP contribution >= 0.6 is 47.2 Å². The van der Waals surface area contributed by atoms with E-state index in [1.807, 2.05) is 13.1 Å². The molecule has 2 N–H and O–H groups in total. The van der Waals surface area contributed by atoms with E-state index >= 15 is 0 Å². The molecule has 0 aliphatic rings. The van der Waals surface area contributed by atoms with Gasteiger partial charge in [-0.2, -0.15) is 0 Å². The van der Waals surface area contributed by atoms with Crippen molar-refractivity contribution >= 4 is 58.8 Å². The molecule has 0 radical (unpaired) electrons. The maximum atomic E-state index is 10.8. The molecule has 1 aromatic carbocycles. The van der Waals surface area contributed by atoms with Gasteiger partial charge in [-0.25, -0.2) is 0 Å². The number of nitro benzene ring substituents is 1. The van der Waals surface area contributed by atoms with Crippen molar-refractivity contribution in [2.45, 2.75) is 13.1 Å². The molecule has 0 aliphatic heterocycles. The molecule has 10 heteroatoms. The third-order valence-corrected chi connectivity index (χ3v) is 4.30. The van der Waals surface area contributed by atoms with Gasteiger partial charge in [-0.1, -0.05) is 35.3 Å². The second-order valence-electron chi connectivity index (χ2n) is 5.04. The molecule has 136 valence electrons. The number of nitro groups is 1. The molecule has 2 rings (SSSR count). The largest absolute Gasteiger partial charge is 0.352 e. The minimum atomic E-state index is -0.417. The van der Waals surface area contributed by atoms with Crippen LogP contribution in [0.1, 0.15) is 11.3 Å². The second-order valence-corrected chi connectivity index (χ2v) is 5.80. The summed E-state index contributed by atoms with van der Waals surface area (Å²) in [6, 6.07) is 8.23. The molecule has 0 amide bonds. The Bertz CT molecular complexity index is 779. The monoisotopic (exact) mass is 497 g/mol. The predicted molar refractivity (Wildman–Crippen MR) is 111 cm³/mol. The Morgan fingerprint density at radius 3 is 2.52 bits per heavy atom. The number of aliphatic imine (C=N–C) groups is 1. The van der Waals surface area contributed by atoms with E-state index in [0.717, 1.165) is 11.3 Å². The third-order valence-electron chi connectivity index (χ3n) is 3.46. The first-order chi connectivity index (χ1) is 11.4. The minimum Gasteiger partial charge on any atom is -0.352 e. The van der Waals surface area contributed by atoms with Crippen LogP contribution in [-0.2, 0) is 20.1 Å². The maximum Gasteiger partial charge on any atom is 0.269 e. The molecular weight excluding hydrogens is 480 g/mol. The molecule has 1 aromatic heterocycles. The van der Waals surface area contributed by atoms with E-state index in [-0.39, 0.29) is 29.7 Å². The summed E-state index contributed by atoms with van der Waals surface area (Å²) in [6.07, 6.45) is 0. The first-order valence-corrected chi connectivity index (χ1v) is 7.85. The molecule has 0 aliphatic carbocycles. The van der Waals surface area contributed by atoms with Gasteiger partial charge in [-0.3, -0.25) is 15.1 Å². The molecule has 25 heavy (non-hydrogen) atoms. The molecular formula is C15H18Cl2IN5O2. The summed E-state index contributed by atoms with van der Waals surface area (Å²) in [6.45, 7) is 0.896. The average molecular weight is 498 g/mol. The zero-order chi connectivity index (χ0) is 17.7. The Balaban J connectivity index is 0.00000312. The van der Waals surface area contributed by atoms with Gasteiger partial charge in [0.05, 0.1) is 16.5 Å². The van der Waals surface area contributed by atoms with Gasteiger partial charge in [0.1, 0.15) is 5.15 Å². The summed E-state index contributed by atoms with van der Waals surface area (Å²) >= 11 is 12.0. The Morgan fingerprint density at radius 2 is 1.96 bits per heavy atom. The van der Waals surface area contributed by atoms with E-state index in [9.17, 15) is 10.1 Å². The van der Waals surface area contributed by atoms with Gasteiger partial charge in [0.15, 0.2) is 5.96 Å². The lowest BCUT2D eigenvalue weighted by Gasteiger charge is -2.12. The highest BCUT2D eigenvalue weighted by molar-refractivity contribution is 14.0. The van der Waals surface area contributed by atoms with Gasteiger partial charge in [0.25, 0.3) is 5.69 Å². The number of non-ortho nitro benzene ring substituents is 1. The average Bonchev–Trinajstić information content (AvgIpc) is 2.82. The van der Waals surface area contributed by atoms with Crippen molar-refractivity contribution in [3.8, 4) is 0 Å². The minimum absolute atomic E-state index is 0. The molecule has 0 spiro atoms. The standard InChI is InChI=1S/C15H17Cl2N5O2.HI/c1-18-15(20-9-12-7-13(16)14(17)21(12)2)19-8-10-4-3-5-11(6-10)22(23)24;/h3-7H,8-9H2,1-2H3,(H2,18,19,20);1H. The highest BCUT2D eigenvalue weighted by atomic mass is 127. The van der Waals surface area contributed by atoms with Crippen molar-refractivity contribution in [2.75, 3.05) is 7.05 Å². The molecule has 7 nitrogen and oxygen atoms in total. The van der Waals surface area contributed by atoms with E-state index in [4.69, 9.17) is 23.2 Å². The van der Waals surface area contributed by atoms with Gasteiger partial charge >= 0.3 is 0 Å². The van der Waals surface area contributed by atoms with Crippen LogP contribution in [0.5, 0.6) is 0 Å². The van der Waals surface area contributed by atoms with E-state index in [2.05, 4.69) is 15.6 Å². The number of rotatable bonds is 5. The Hall–Kier alpha value is -1.52. The maximum absolute atomic E-state index is 10.8. The molecule has 0 unspecified atom stereocenters. The highest BCUT2D eigenvalue weighted by Crippen LogP contribution is 2.24. The summed E-state index contributed by atoms with van der Waals surface area (Å²) in [4.78, 5) is 14.5. The third kappa shape index (κ3) is 5.75. The second kappa shape index (κ2) is 9.83. The fourth-order valence-electron chi connectivity index (χ4n) is 2.12. The van der Waals surface area contributed by atoms with Crippen LogP contribution < -0.4 is 10.6 Å². The van der Waals surface area contributed by atoms with Crippen molar-refractivity contribution in [3.05, 3.63) is 61.9 Å². The Morgan fingerprint density at radius 1 is 1.28 bits per heavy atom. The van der Waals surface area contributed by atoms with Crippen molar-refractivity contribution in [1.82, 2.24) is 15.2 Å². The van der Waals surface area contributed by atoms with Crippen LogP contribution in [0.25, 0.3) is 0 Å². The molecule has 0 atom stereocenters. The van der Waals surface area contributed by atoms with Gasteiger partial charge in [0.2, 0.25) is 0 Å². The normalized spacial score (nSPS) is 11.0. The lowest BCUT2D eigenvalue weighted by molar-refractivity contribution is -0.384. The quantitative estimate of drug-likeness (QED) is 0.217. The first-order valence-electron chi connectivity index (χ1n) is 7.09. The molecule has 2 aromatic rings. The number of hydrogen-bond donors (Lipinski definition) is 2. The predicted octanol–water partition coefficient (Wildman–Crippen LogP) is 3.72. The summed E-state index contributed by atoms with van der Waals surface area (Å²) < 4.78 is 1.78. The lowest BCUT2D eigenvalue weighted by Crippen LogP contribution is -2.36. The van der Waals surface area contributed by atoms with Crippen molar-refractivity contribution in [3.63, 3.8) is 0 Å². The molecule has 0 bridgehead atoms. The number of aromatic nitrogens is 1. The van der Waals surface area contributed by atoms with Gasteiger partial charge in [-0.15, -0.1) is 24.0 Å². The van der Waals surface area contributed by atoms with E-state index in [1.54, 1.807) is 23.7 Å². The fourth-order valence-corrected chi connectivity index (χ4v) is 2.54. The summed E-state index contributed by atoms with van der Waals surface area (Å²) in [5, 5.41) is 18.0. The SMILES string of the molecule is CN=C(NCc1cccc([N+](=O)[O-])c1)NCc1cc(Cl)c(Cl)n1C.I. The van der Waals surface area contributed by atoms with Gasteiger partial charge < -0.3 is 15.2 Å². The lowest BCUT2D eigenvalue weighted by atomic mass is 10.2. The zero-order valence-electron chi connectivity index (χ0n) is 13.6. The van der Waals surface area contributed by atoms with Crippen molar-refractivity contribution in [2.24, 2.45) is 12.0 Å². The smallest absolute Gasteiger partial charge is 0.269 e. The Kier molecular flexibility index (Phi) is 8.46. The van der Waals surface area contributed by atoms with Gasteiger partial charge in [-0.05, 0) is 11.6 Å². The summed E-state index contributed by atoms with van der Waals surface area (Å²) in [5.41, 5.74) is 1.76. The number of halogens is 3. The molecule has 0 fully saturated rings. The van der Waals surface area contributed by atoms with Crippen molar-refractivity contribution in [1.29, 1.82) is 0 Å². The topological polar surface area (TPSA) is 84.5 Å². The zero-order valence-corrected chi connectivity index (χ0v) is 17.5. The van der Waals surface area contributed by atoms with Crippen LogP contribution in [-0.4, -0.2) is 22.5 Å². The van der Waals surface area contributed by atoms with E-state index in [0.29, 0.717) is 29.2 Å².